The van der Waals surface area contributed by atoms with E-state index in [9.17, 15) is 18.0 Å². The number of amides is 1. The zero-order valence-corrected chi connectivity index (χ0v) is 20.4. The number of aryl methyl sites for hydroxylation is 1. The lowest BCUT2D eigenvalue weighted by atomic mass is 10.1. The summed E-state index contributed by atoms with van der Waals surface area (Å²) in [7, 11) is 0. The van der Waals surface area contributed by atoms with Crippen molar-refractivity contribution in [1.29, 1.82) is 0 Å². The fraction of sp³-hybridized carbons (Fsp3) is 0.407. The minimum Gasteiger partial charge on any atom is -0.444 e. The van der Waals surface area contributed by atoms with E-state index in [1.807, 2.05) is 30.3 Å². The Morgan fingerprint density at radius 2 is 1.69 bits per heavy atom. The van der Waals surface area contributed by atoms with E-state index in [1.54, 1.807) is 0 Å². The standard InChI is InChI=1S/C27H31F3N4O2/c1-2-7-23-26(20-8-4-3-5-9-20)32-25(36-23)19-34-15-6-14-33(16-17-34)18-24(35)31-22-12-10-21(11-13-22)27(28,29)30/h3-5,8-13H,2,6-7,14-19H2,1H3,(H,31,35). The monoisotopic (exact) mass is 500 g/mol. The summed E-state index contributed by atoms with van der Waals surface area (Å²) in [5.74, 6) is 1.37. The normalized spacial score (nSPS) is 15.6. The molecule has 1 N–H and O–H groups in total. The molecule has 4 rings (SSSR count). The summed E-state index contributed by atoms with van der Waals surface area (Å²) < 4.78 is 44.3. The average Bonchev–Trinajstić information content (AvgIpc) is 3.11. The quantitative estimate of drug-likeness (QED) is 0.445. The molecule has 9 heteroatoms. The number of anilines is 1. The Bertz CT molecular complexity index is 1130. The highest BCUT2D eigenvalue weighted by Crippen LogP contribution is 2.30. The number of benzene rings is 2. The number of hydrogen-bond donors (Lipinski definition) is 1. The number of rotatable bonds is 8. The molecule has 0 radical (unpaired) electrons. The highest BCUT2D eigenvalue weighted by atomic mass is 19.4. The number of halogens is 3. The first-order chi connectivity index (χ1) is 17.3. The van der Waals surface area contributed by atoms with Gasteiger partial charge in [0.2, 0.25) is 11.8 Å². The second-order valence-corrected chi connectivity index (χ2v) is 9.02. The van der Waals surface area contributed by atoms with Gasteiger partial charge >= 0.3 is 6.18 Å². The number of aromatic nitrogens is 1. The summed E-state index contributed by atoms with van der Waals surface area (Å²) in [5, 5.41) is 2.69. The molecule has 1 amide bonds. The van der Waals surface area contributed by atoms with Crippen molar-refractivity contribution in [2.45, 2.75) is 38.9 Å². The van der Waals surface area contributed by atoms with E-state index in [0.717, 1.165) is 68.0 Å². The van der Waals surface area contributed by atoms with E-state index < -0.39 is 11.7 Å². The molecule has 1 saturated heterocycles. The zero-order valence-electron chi connectivity index (χ0n) is 20.4. The van der Waals surface area contributed by atoms with Crippen LogP contribution in [0.5, 0.6) is 0 Å². The van der Waals surface area contributed by atoms with Gasteiger partial charge in [0.1, 0.15) is 11.5 Å². The molecule has 3 aromatic rings. The smallest absolute Gasteiger partial charge is 0.416 e. The summed E-state index contributed by atoms with van der Waals surface area (Å²) in [5.41, 5.74) is 1.57. The minimum absolute atomic E-state index is 0.187. The van der Waals surface area contributed by atoms with Crippen molar-refractivity contribution >= 4 is 11.6 Å². The van der Waals surface area contributed by atoms with Crippen molar-refractivity contribution in [2.24, 2.45) is 0 Å². The van der Waals surface area contributed by atoms with Crippen molar-refractivity contribution in [3.05, 3.63) is 71.8 Å². The Balaban J connectivity index is 1.30. The maximum absolute atomic E-state index is 12.7. The van der Waals surface area contributed by atoms with E-state index in [-0.39, 0.29) is 12.5 Å². The molecule has 0 atom stereocenters. The summed E-state index contributed by atoms with van der Waals surface area (Å²) >= 11 is 0. The van der Waals surface area contributed by atoms with Gasteiger partial charge in [0.05, 0.1) is 18.7 Å². The first-order valence-corrected chi connectivity index (χ1v) is 12.3. The number of hydrogen-bond acceptors (Lipinski definition) is 5. The molecule has 36 heavy (non-hydrogen) atoms. The van der Waals surface area contributed by atoms with Crippen LogP contribution in [-0.2, 0) is 23.9 Å². The molecule has 0 saturated carbocycles. The first kappa shape index (κ1) is 25.9. The second-order valence-electron chi connectivity index (χ2n) is 9.02. The van der Waals surface area contributed by atoms with Crippen LogP contribution < -0.4 is 5.32 Å². The number of carbonyl (C=O) groups excluding carboxylic acids is 1. The number of oxazole rings is 1. The Labute approximate surface area is 209 Å². The third-order valence-electron chi connectivity index (χ3n) is 6.17. The van der Waals surface area contributed by atoms with Gasteiger partial charge in [-0.15, -0.1) is 0 Å². The van der Waals surface area contributed by atoms with Crippen LogP contribution >= 0.6 is 0 Å². The molecule has 2 heterocycles. The average molecular weight is 501 g/mol. The number of nitrogens with one attached hydrogen (secondary N) is 1. The summed E-state index contributed by atoms with van der Waals surface area (Å²) in [6.07, 6.45) is -1.70. The SMILES string of the molecule is CCCc1oc(CN2CCCN(CC(=O)Nc3ccc(C(F)(F)F)cc3)CC2)nc1-c1ccccc1. The Hall–Kier alpha value is -3.17. The van der Waals surface area contributed by atoms with Gasteiger partial charge in [0.25, 0.3) is 0 Å². The van der Waals surface area contributed by atoms with Gasteiger partial charge in [-0.1, -0.05) is 37.3 Å². The predicted octanol–water partition coefficient (Wildman–Crippen LogP) is 5.46. The van der Waals surface area contributed by atoms with Gasteiger partial charge in [0.15, 0.2) is 0 Å². The van der Waals surface area contributed by atoms with Crippen molar-refractivity contribution in [2.75, 3.05) is 38.0 Å². The van der Waals surface area contributed by atoms with Gasteiger partial charge in [-0.25, -0.2) is 4.98 Å². The molecular weight excluding hydrogens is 469 g/mol. The lowest BCUT2D eigenvalue weighted by Gasteiger charge is -2.20. The predicted molar refractivity (Wildman–Crippen MR) is 132 cm³/mol. The molecule has 0 unspecified atom stereocenters. The minimum atomic E-state index is -4.40. The molecule has 192 valence electrons. The van der Waals surface area contributed by atoms with Crippen molar-refractivity contribution in [3.8, 4) is 11.3 Å². The van der Waals surface area contributed by atoms with Crippen LogP contribution in [0, 0.1) is 0 Å². The number of carbonyl (C=O) groups is 1. The maximum Gasteiger partial charge on any atom is 0.416 e. The molecule has 0 aliphatic carbocycles. The van der Waals surface area contributed by atoms with Gasteiger partial charge in [-0.05, 0) is 50.2 Å². The summed E-state index contributed by atoms with van der Waals surface area (Å²) in [4.78, 5) is 21.6. The topological polar surface area (TPSA) is 61.6 Å². The van der Waals surface area contributed by atoms with E-state index in [1.165, 1.54) is 12.1 Å². The molecule has 1 aliphatic rings. The molecule has 2 aromatic carbocycles. The van der Waals surface area contributed by atoms with Crippen LogP contribution in [0.15, 0.2) is 59.0 Å². The molecule has 6 nitrogen and oxygen atoms in total. The Morgan fingerprint density at radius 3 is 2.39 bits per heavy atom. The first-order valence-electron chi connectivity index (χ1n) is 12.3. The lowest BCUT2D eigenvalue weighted by molar-refractivity contribution is -0.137. The fourth-order valence-corrected chi connectivity index (χ4v) is 4.36. The van der Waals surface area contributed by atoms with E-state index in [2.05, 4.69) is 22.0 Å². The molecule has 1 aliphatic heterocycles. The van der Waals surface area contributed by atoms with Crippen LogP contribution in [0.25, 0.3) is 11.3 Å². The third kappa shape index (κ3) is 6.95. The summed E-state index contributed by atoms with van der Waals surface area (Å²) in [6.45, 7) is 6.01. The molecule has 0 spiro atoms. The molecule has 1 fully saturated rings. The maximum atomic E-state index is 12.7. The van der Waals surface area contributed by atoms with Gasteiger partial charge in [-0.2, -0.15) is 13.2 Å². The van der Waals surface area contributed by atoms with Crippen molar-refractivity contribution in [3.63, 3.8) is 0 Å². The molecule has 0 bridgehead atoms. The van der Waals surface area contributed by atoms with E-state index in [4.69, 9.17) is 9.40 Å². The fourth-order valence-electron chi connectivity index (χ4n) is 4.36. The highest BCUT2D eigenvalue weighted by Gasteiger charge is 2.30. The number of alkyl halides is 3. The Kier molecular flexibility index (Phi) is 8.43. The van der Waals surface area contributed by atoms with E-state index in [0.29, 0.717) is 24.7 Å². The largest absolute Gasteiger partial charge is 0.444 e. The zero-order chi connectivity index (χ0) is 25.5. The third-order valence-corrected chi connectivity index (χ3v) is 6.17. The van der Waals surface area contributed by atoms with Crippen molar-refractivity contribution < 1.29 is 22.4 Å². The Morgan fingerprint density at radius 1 is 1.00 bits per heavy atom. The molecular formula is C27H31F3N4O2. The van der Waals surface area contributed by atoms with Crippen LogP contribution in [0.4, 0.5) is 18.9 Å². The van der Waals surface area contributed by atoms with Crippen LogP contribution in [0.2, 0.25) is 0 Å². The van der Waals surface area contributed by atoms with E-state index >= 15 is 0 Å². The van der Waals surface area contributed by atoms with Crippen LogP contribution in [0.1, 0.15) is 37.0 Å². The summed E-state index contributed by atoms with van der Waals surface area (Å²) in [6, 6.07) is 14.6. The molecule has 1 aromatic heterocycles. The van der Waals surface area contributed by atoms with Crippen molar-refractivity contribution in [1.82, 2.24) is 14.8 Å². The number of nitrogens with zero attached hydrogens (tertiary/aromatic N) is 3. The highest BCUT2D eigenvalue weighted by molar-refractivity contribution is 5.92. The van der Waals surface area contributed by atoms with Gasteiger partial charge in [-0.3, -0.25) is 14.6 Å². The second kappa shape index (κ2) is 11.7. The lowest BCUT2D eigenvalue weighted by Crippen LogP contribution is -2.36. The van der Waals surface area contributed by atoms with Gasteiger partial charge in [0, 0.05) is 30.8 Å². The van der Waals surface area contributed by atoms with Crippen LogP contribution in [-0.4, -0.2) is 53.4 Å². The van der Waals surface area contributed by atoms with Gasteiger partial charge < -0.3 is 9.73 Å². The van der Waals surface area contributed by atoms with Crippen LogP contribution in [0.3, 0.4) is 0 Å².